The molecule has 2 aromatic rings. The van der Waals surface area contributed by atoms with Crippen molar-refractivity contribution in [1.82, 2.24) is 20.2 Å². The lowest BCUT2D eigenvalue weighted by Gasteiger charge is -2.15. The van der Waals surface area contributed by atoms with Crippen molar-refractivity contribution in [2.24, 2.45) is 5.84 Å². The molecule has 0 radical (unpaired) electrons. The van der Waals surface area contributed by atoms with E-state index in [4.69, 9.17) is 5.84 Å². The average Bonchev–Trinajstić information content (AvgIpc) is 3.00. The van der Waals surface area contributed by atoms with E-state index >= 15 is 0 Å². The first-order chi connectivity index (χ1) is 9.58. The van der Waals surface area contributed by atoms with Gasteiger partial charge in [-0.1, -0.05) is 6.92 Å². The first-order valence-corrected chi connectivity index (χ1v) is 7.86. The van der Waals surface area contributed by atoms with Gasteiger partial charge in [-0.25, -0.2) is 4.98 Å². The second-order valence-electron chi connectivity index (χ2n) is 4.90. The van der Waals surface area contributed by atoms with E-state index in [1.165, 1.54) is 4.88 Å². The van der Waals surface area contributed by atoms with E-state index in [0.29, 0.717) is 0 Å². The maximum atomic E-state index is 5.76. The molecular formula is C14H23N5S. The van der Waals surface area contributed by atoms with Crippen LogP contribution in [-0.4, -0.2) is 14.8 Å². The summed E-state index contributed by atoms with van der Waals surface area (Å²) in [5, 5.41) is 5.70. The number of hydrogen-bond donors (Lipinski definition) is 2. The lowest BCUT2D eigenvalue weighted by atomic mass is 10.1. The first-order valence-electron chi connectivity index (χ1n) is 7.04. The molecule has 0 amide bonds. The van der Waals surface area contributed by atoms with Gasteiger partial charge in [0.2, 0.25) is 0 Å². The van der Waals surface area contributed by atoms with Crippen molar-refractivity contribution in [3.8, 4) is 0 Å². The van der Waals surface area contributed by atoms with Crippen molar-refractivity contribution in [2.75, 3.05) is 0 Å². The summed E-state index contributed by atoms with van der Waals surface area (Å²) in [5.41, 5.74) is 6.27. The number of aromatic nitrogens is 3. The van der Waals surface area contributed by atoms with Gasteiger partial charge in [0.15, 0.2) is 0 Å². The van der Waals surface area contributed by atoms with E-state index in [1.807, 2.05) is 11.6 Å². The Hall–Kier alpha value is -1.24. The number of aryl methyl sites for hydroxylation is 4. The van der Waals surface area contributed by atoms with Crippen molar-refractivity contribution in [3.05, 3.63) is 33.0 Å². The van der Waals surface area contributed by atoms with Crippen LogP contribution in [0, 0.1) is 13.8 Å². The third-order valence-corrected chi connectivity index (χ3v) is 4.63. The number of thiazole rings is 1. The lowest BCUT2D eigenvalue weighted by Crippen LogP contribution is -2.31. The fourth-order valence-electron chi connectivity index (χ4n) is 2.24. The van der Waals surface area contributed by atoms with E-state index in [-0.39, 0.29) is 6.04 Å². The standard InChI is InChI=1S/C14H23N5S/c1-5-11-7-13(19(6-2)18-11)12(17-15)8-14-16-9(3)10(4)20-14/h7,12,17H,5-6,8,15H2,1-4H3. The van der Waals surface area contributed by atoms with Crippen molar-refractivity contribution in [1.29, 1.82) is 0 Å². The molecule has 0 bridgehead atoms. The molecule has 0 saturated heterocycles. The van der Waals surface area contributed by atoms with Crippen molar-refractivity contribution < 1.29 is 0 Å². The molecule has 1 atom stereocenters. The summed E-state index contributed by atoms with van der Waals surface area (Å²) >= 11 is 1.74. The zero-order valence-electron chi connectivity index (χ0n) is 12.6. The van der Waals surface area contributed by atoms with Crippen molar-refractivity contribution in [2.45, 2.75) is 53.1 Å². The highest BCUT2D eigenvalue weighted by molar-refractivity contribution is 7.11. The van der Waals surface area contributed by atoms with E-state index in [2.05, 4.69) is 42.3 Å². The van der Waals surface area contributed by atoms with E-state index in [9.17, 15) is 0 Å². The Morgan fingerprint density at radius 2 is 2.15 bits per heavy atom. The topological polar surface area (TPSA) is 68.8 Å². The minimum absolute atomic E-state index is 0.0488. The molecule has 2 rings (SSSR count). The fourth-order valence-corrected chi connectivity index (χ4v) is 3.22. The van der Waals surface area contributed by atoms with Gasteiger partial charge in [-0.15, -0.1) is 11.3 Å². The summed E-state index contributed by atoms with van der Waals surface area (Å²) in [4.78, 5) is 5.87. The van der Waals surface area contributed by atoms with E-state index < -0.39 is 0 Å². The van der Waals surface area contributed by atoms with Gasteiger partial charge in [0.25, 0.3) is 0 Å². The summed E-state index contributed by atoms with van der Waals surface area (Å²) < 4.78 is 2.02. The second-order valence-corrected chi connectivity index (χ2v) is 6.19. The quantitative estimate of drug-likeness (QED) is 0.633. The Morgan fingerprint density at radius 1 is 1.40 bits per heavy atom. The Morgan fingerprint density at radius 3 is 2.65 bits per heavy atom. The van der Waals surface area contributed by atoms with Crippen LogP contribution in [0.3, 0.4) is 0 Å². The van der Waals surface area contributed by atoms with Crippen molar-refractivity contribution >= 4 is 11.3 Å². The van der Waals surface area contributed by atoms with Gasteiger partial charge in [-0.3, -0.25) is 16.0 Å². The molecular weight excluding hydrogens is 270 g/mol. The SMILES string of the molecule is CCc1cc(C(Cc2nc(C)c(C)s2)NN)n(CC)n1. The molecule has 3 N–H and O–H groups in total. The van der Waals surface area contributed by atoms with Crippen molar-refractivity contribution in [3.63, 3.8) is 0 Å². The minimum atomic E-state index is 0.0488. The highest BCUT2D eigenvalue weighted by Crippen LogP contribution is 2.24. The summed E-state index contributed by atoms with van der Waals surface area (Å²) in [6.07, 6.45) is 1.73. The van der Waals surface area contributed by atoms with Crippen LogP contribution in [0.4, 0.5) is 0 Å². The summed E-state index contributed by atoms with van der Waals surface area (Å²) in [5.74, 6) is 5.76. The molecule has 0 aliphatic heterocycles. The smallest absolute Gasteiger partial charge is 0.0950 e. The highest BCUT2D eigenvalue weighted by Gasteiger charge is 2.19. The van der Waals surface area contributed by atoms with Crippen LogP contribution in [0.15, 0.2) is 6.07 Å². The van der Waals surface area contributed by atoms with Gasteiger partial charge < -0.3 is 0 Å². The minimum Gasteiger partial charge on any atom is -0.271 e. The summed E-state index contributed by atoms with van der Waals surface area (Å²) in [7, 11) is 0. The maximum Gasteiger partial charge on any atom is 0.0950 e. The molecule has 0 aromatic carbocycles. The molecule has 0 aliphatic rings. The zero-order chi connectivity index (χ0) is 14.7. The van der Waals surface area contributed by atoms with Gasteiger partial charge >= 0.3 is 0 Å². The highest BCUT2D eigenvalue weighted by atomic mass is 32.1. The van der Waals surface area contributed by atoms with Gasteiger partial charge in [0.05, 0.1) is 28.1 Å². The largest absolute Gasteiger partial charge is 0.271 e. The number of rotatable bonds is 6. The molecule has 0 fully saturated rings. The van der Waals surface area contributed by atoms with Crippen LogP contribution in [0.2, 0.25) is 0 Å². The Bertz CT molecular complexity index is 553. The Kier molecular flexibility index (Phi) is 4.91. The third kappa shape index (κ3) is 3.08. The monoisotopic (exact) mass is 293 g/mol. The predicted molar refractivity (Wildman–Crippen MR) is 82.6 cm³/mol. The van der Waals surface area contributed by atoms with Gasteiger partial charge in [-0.2, -0.15) is 5.10 Å². The van der Waals surface area contributed by atoms with Gasteiger partial charge in [-0.05, 0) is 33.3 Å². The van der Waals surface area contributed by atoms with E-state index in [0.717, 1.165) is 41.5 Å². The molecule has 0 saturated carbocycles. The third-order valence-electron chi connectivity index (χ3n) is 3.53. The van der Waals surface area contributed by atoms with Crippen LogP contribution in [0.5, 0.6) is 0 Å². The molecule has 20 heavy (non-hydrogen) atoms. The maximum absolute atomic E-state index is 5.76. The number of nitrogens with one attached hydrogen (secondary N) is 1. The zero-order valence-corrected chi connectivity index (χ0v) is 13.4. The Labute approximate surface area is 124 Å². The lowest BCUT2D eigenvalue weighted by molar-refractivity contribution is 0.489. The molecule has 110 valence electrons. The van der Waals surface area contributed by atoms with Crippen LogP contribution in [0.1, 0.15) is 46.9 Å². The normalized spacial score (nSPS) is 12.8. The number of hydrogen-bond acceptors (Lipinski definition) is 5. The van der Waals surface area contributed by atoms with Gasteiger partial charge in [0.1, 0.15) is 0 Å². The molecule has 2 heterocycles. The fraction of sp³-hybridized carbons (Fsp3) is 0.571. The number of nitrogens with two attached hydrogens (primary N) is 1. The van der Waals surface area contributed by atoms with Crippen LogP contribution in [0.25, 0.3) is 0 Å². The van der Waals surface area contributed by atoms with Crippen LogP contribution in [-0.2, 0) is 19.4 Å². The second kappa shape index (κ2) is 6.47. The van der Waals surface area contributed by atoms with Crippen LogP contribution < -0.4 is 11.3 Å². The van der Waals surface area contributed by atoms with Crippen LogP contribution >= 0.6 is 11.3 Å². The van der Waals surface area contributed by atoms with E-state index in [1.54, 1.807) is 11.3 Å². The summed E-state index contributed by atoms with van der Waals surface area (Å²) in [6, 6.07) is 2.19. The molecule has 1 unspecified atom stereocenters. The Balaban J connectivity index is 2.25. The number of hydrazine groups is 1. The molecule has 2 aromatic heterocycles. The molecule has 5 nitrogen and oxygen atoms in total. The molecule has 6 heteroatoms. The summed E-state index contributed by atoms with van der Waals surface area (Å²) in [6.45, 7) is 9.22. The van der Waals surface area contributed by atoms with Gasteiger partial charge in [0, 0.05) is 17.8 Å². The molecule has 0 aliphatic carbocycles. The number of nitrogens with zero attached hydrogens (tertiary/aromatic N) is 3. The average molecular weight is 293 g/mol. The first kappa shape index (κ1) is 15.2. The predicted octanol–water partition coefficient (Wildman–Crippen LogP) is 2.29. The molecule has 0 spiro atoms.